The van der Waals surface area contributed by atoms with Crippen LogP contribution < -0.4 is 0 Å². The summed E-state index contributed by atoms with van der Waals surface area (Å²) < 4.78 is 7.83. The molecule has 1 unspecified atom stereocenters. The molecule has 1 radical (unpaired) electrons. The second-order valence-electron chi connectivity index (χ2n) is 6.87. The Balaban J connectivity index is 1.57. The Kier molecular flexibility index (Phi) is 4.51. The van der Waals surface area contributed by atoms with E-state index in [9.17, 15) is 4.79 Å². The third-order valence-electron chi connectivity index (χ3n) is 5.36. The molecule has 0 N–H and O–H groups in total. The third kappa shape index (κ3) is 2.90. The van der Waals surface area contributed by atoms with Crippen molar-refractivity contribution >= 4 is 16.8 Å². The highest BCUT2D eigenvalue weighted by Gasteiger charge is 2.31. The Labute approximate surface area is 154 Å². The Bertz CT molecular complexity index is 916. The lowest BCUT2D eigenvalue weighted by molar-refractivity contribution is -0.143. The van der Waals surface area contributed by atoms with Gasteiger partial charge in [0, 0.05) is 49.4 Å². The van der Waals surface area contributed by atoms with E-state index >= 15 is 0 Å². The zero-order valence-corrected chi connectivity index (χ0v) is 15.2. The molecule has 1 aliphatic heterocycles. The van der Waals surface area contributed by atoms with Crippen LogP contribution in [-0.2, 0) is 22.5 Å². The second kappa shape index (κ2) is 6.96. The van der Waals surface area contributed by atoms with Crippen LogP contribution in [-0.4, -0.2) is 35.6 Å². The Morgan fingerprint density at radius 1 is 1.19 bits per heavy atom. The van der Waals surface area contributed by atoms with Crippen LogP contribution in [0.25, 0.3) is 10.9 Å². The van der Waals surface area contributed by atoms with Crippen molar-refractivity contribution in [2.24, 2.45) is 0 Å². The minimum absolute atomic E-state index is 0.00703. The van der Waals surface area contributed by atoms with Crippen LogP contribution in [0.2, 0.25) is 0 Å². The SMILES string of the molecule is COC(C(=O)N(C)[C@@H]1CCc2[c]c3ccccc3n2C1)c1ccccc1. The number of likely N-dealkylation sites (N-methyl/N-ethyl adjacent to an activating group) is 1. The zero-order valence-electron chi connectivity index (χ0n) is 15.2. The third-order valence-corrected chi connectivity index (χ3v) is 5.36. The van der Waals surface area contributed by atoms with Gasteiger partial charge >= 0.3 is 0 Å². The summed E-state index contributed by atoms with van der Waals surface area (Å²) in [6.07, 6.45) is 1.32. The van der Waals surface area contributed by atoms with Gasteiger partial charge in [-0.25, -0.2) is 0 Å². The number of methoxy groups -OCH3 is 1. The number of ether oxygens (including phenoxy) is 1. The summed E-state index contributed by atoms with van der Waals surface area (Å²) in [6.45, 7) is 0.798. The first-order valence-corrected chi connectivity index (χ1v) is 9.03. The van der Waals surface area contributed by atoms with Crippen molar-refractivity contribution in [2.75, 3.05) is 14.2 Å². The molecule has 26 heavy (non-hydrogen) atoms. The number of aryl methyl sites for hydroxylation is 1. The van der Waals surface area contributed by atoms with Crippen molar-refractivity contribution in [3.63, 3.8) is 0 Å². The maximum Gasteiger partial charge on any atom is 0.256 e. The van der Waals surface area contributed by atoms with Gasteiger partial charge in [-0.1, -0.05) is 48.5 Å². The first-order chi connectivity index (χ1) is 12.7. The number of carbonyl (C=O) groups excluding carboxylic acids is 1. The molecular weight excluding hydrogens is 324 g/mol. The minimum atomic E-state index is -0.560. The first-order valence-electron chi connectivity index (χ1n) is 9.03. The number of hydrogen-bond donors (Lipinski definition) is 0. The van der Waals surface area contributed by atoms with Gasteiger partial charge in [0.05, 0.1) is 0 Å². The van der Waals surface area contributed by atoms with Crippen molar-refractivity contribution in [1.82, 2.24) is 9.47 Å². The van der Waals surface area contributed by atoms with Gasteiger partial charge in [0.15, 0.2) is 6.10 Å². The number of amides is 1. The molecule has 1 aromatic heterocycles. The fraction of sp³-hybridized carbons (Fsp3) is 0.318. The maximum absolute atomic E-state index is 13.1. The van der Waals surface area contributed by atoms with Crippen molar-refractivity contribution in [3.8, 4) is 0 Å². The van der Waals surface area contributed by atoms with E-state index in [1.165, 1.54) is 11.2 Å². The molecule has 0 saturated heterocycles. The van der Waals surface area contributed by atoms with Gasteiger partial charge in [-0.15, -0.1) is 0 Å². The van der Waals surface area contributed by atoms with E-state index in [4.69, 9.17) is 4.74 Å². The molecule has 0 aliphatic carbocycles. The summed E-state index contributed by atoms with van der Waals surface area (Å²) in [5.41, 5.74) is 3.32. The van der Waals surface area contributed by atoms with Crippen molar-refractivity contribution in [2.45, 2.75) is 31.5 Å². The number of benzene rings is 2. The number of para-hydroxylation sites is 1. The van der Waals surface area contributed by atoms with Crippen LogP contribution in [0.1, 0.15) is 23.8 Å². The van der Waals surface area contributed by atoms with E-state index in [2.05, 4.69) is 28.8 Å². The van der Waals surface area contributed by atoms with Crippen molar-refractivity contribution in [1.29, 1.82) is 0 Å². The molecule has 1 amide bonds. The fourth-order valence-corrected chi connectivity index (χ4v) is 3.88. The summed E-state index contributed by atoms with van der Waals surface area (Å²) in [5, 5.41) is 1.15. The lowest BCUT2D eigenvalue weighted by atomic mass is 10.0. The number of carbonyl (C=O) groups is 1. The Morgan fingerprint density at radius 3 is 2.69 bits per heavy atom. The highest BCUT2D eigenvalue weighted by Crippen LogP contribution is 2.28. The molecule has 1 aliphatic rings. The first kappa shape index (κ1) is 16.9. The monoisotopic (exact) mass is 347 g/mol. The van der Waals surface area contributed by atoms with E-state index in [1.807, 2.05) is 48.3 Å². The highest BCUT2D eigenvalue weighted by atomic mass is 16.5. The minimum Gasteiger partial charge on any atom is -0.367 e. The van der Waals surface area contributed by atoms with Gasteiger partial charge < -0.3 is 14.2 Å². The van der Waals surface area contributed by atoms with E-state index in [0.29, 0.717) is 0 Å². The van der Waals surface area contributed by atoms with Crippen LogP contribution in [0.15, 0.2) is 54.6 Å². The predicted octanol–water partition coefficient (Wildman–Crippen LogP) is 3.60. The van der Waals surface area contributed by atoms with Crippen LogP contribution in [0, 0.1) is 6.07 Å². The number of fused-ring (bicyclic) bond motifs is 3. The van der Waals surface area contributed by atoms with E-state index in [0.717, 1.165) is 30.3 Å². The van der Waals surface area contributed by atoms with Crippen molar-refractivity contribution in [3.05, 3.63) is 71.9 Å². The number of aromatic nitrogens is 1. The molecule has 0 saturated carbocycles. The average molecular weight is 347 g/mol. The normalized spacial score (nSPS) is 17.7. The second-order valence-corrected chi connectivity index (χ2v) is 6.87. The molecule has 2 heterocycles. The molecule has 4 rings (SSSR count). The Hall–Kier alpha value is -2.59. The smallest absolute Gasteiger partial charge is 0.256 e. The van der Waals surface area contributed by atoms with Crippen LogP contribution >= 0.6 is 0 Å². The molecule has 3 aromatic rings. The predicted molar refractivity (Wildman–Crippen MR) is 102 cm³/mol. The molecule has 2 atom stereocenters. The number of rotatable bonds is 4. The van der Waals surface area contributed by atoms with Gasteiger partial charge in [-0.2, -0.15) is 0 Å². The standard InChI is InChI=1S/C22H23N2O2/c1-23(22(25)21(26-2)16-8-4-3-5-9-16)19-13-12-18-14-17-10-6-7-11-20(17)24(18)15-19/h3-11,19,21H,12-13,15H2,1-2H3/t19-,21?/m1/s1. The zero-order chi connectivity index (χ0) is 18.1. The fourth-order valence-electron chi connectivity index (χ4n) is 3.88. The van der Waals surface area contributed by atoms with Gasteiger partial charge in [0.1, 0.15) is 0 Å². The van der Waals surface area contributed by atoms with Crippen molar-refractivity contribution < 1.29 is 9.53 Å². The van der Waals surface area contributed by atoms with Crippen LogP contribution in [0.5, 0.6) is 0 Å². The summed E-state index contributed by atoms with van der Waals surface area (Å²) in [7, 11) is 3.49. The van der Waals surface area contributed by atoms with E-state index in [-0.39, 0.29) is 11.9 Å². The van der Waals surface area contributed by atoms with Gasteiger partial charge in [0.2, 0.25) is 0 Å². The van der Waals surface area contributed by atoms with E-state index in [1.54, 1.807) is 7.11 Å². The number of hydrogen-bond acceptors (Lipinski definition) is 2. The van der Waals surface area contributed by atoms with Gasteiger partial charge in [-0.05, 0) is 24.5 Å². The molecule has 0 spiro atoms. The lowest BCUT2D eigenvalue weighted by Gasteiger charge is -2.34. The molecular formula is C22H23N2O2. The molecule has 2 aromatic carbocycles. The van der Waals surface area contributed by atoms with E-state index < -0.39 is 6.10 Å². The van der Waals surface area contributed by atoms with Crippen LogP contribution in [0.3, 0.4) is 0 Å². The quantitative estimate of drug-likeness (QED) is 0.723. The Morgan fingerprint density at radius 2 is 1.92 bits per heavy atom. The molecule has 133 valence electrons. The van der Waals surface area contributed by atoms with Gasteiger partial charge in [-0.3, -0.25) is 4.79 Å². The molecule has 0 bridgehead atoms. The molecule has 0 fully saturated rings. The lowest BCUT2D eigenvalue weighted by Crippen LogP contribution is -2.44. The highest BCUT2D eigenvalue weighted by molar-refractivity contribution is 5.83. The summed E-state index contributed by atoms with van der Waals surface area (Å²) in [4.78, 5) is 14.9. The average Bonchev–Trinajstić information content (AvgIpc) is 3.06. The topological polar surface area (TPSA) is 34.5 Å². The molecule has 4 nitrogen and oxygen atoms in total. The van der Waals surface area contributed by atoms with Crippen LogP contribution in [0.4, 0.5) is 0 Å². The summed E-state index contributed by atoms with van der Waals surface area (Å²) >= 11 is 0. The molecule has 4 heteroatoms. The largest absolute Gasteiger partial charge is 0.367 e. The van der Waals surface area contributed by atoms with Gasteiger partial charge in [0.25, 0.3) is 5.91 Å². The maximum atomic E-state index is 13.1. The summed E-state index contributed by atoms with van der Waals surface area (Å²) in [6, 6.07) is 21.7. The summed E-state index contributed by atoms with van der Waals surface area (Å²) in [5.74, 6) is 0.00703. The number of nitrogens with zero attached hydrogens (tertiary/aromatic N) is 2.